The highest BCUT2D eigenvalue weighted by molar-refractivity contribution is 5.16. The third kappa shape index (κ3) is 1.30. The Morgan fingerprint density at radius 2 is 2.00 bits per heavy atom. The summed E-state index contributed by atoms with van der Waals surface area (Å²) in [5, 5.41) is 22.5. The maximum absolute atomic E-state index is 10.4. The summed E-state index contributed by atoms with van der Waals surface area (Å²) in [4.78, 5) is 0. The molecule has 0 aromatic carbocycles. The minimum absolute atomic E-state index is 0.0464. The minimum Gasteiger partial charge on any atom is -0.395 e. The van der Waals surface area contributed by atoms with Gasteiger partial charge in [0, 0.05) is 18.0 Å². The molecule has 0 unspecified atom stereocenters. The van der Waals surface area contributed by atoms with E-state index < -0.39 is 0 Å². The second-order valence-electron chi connectivity index (χ2n) is 5.93. The molecule has 2 saturated carbocycles. The summed E-state index contributed by atoms with van der Waals surface area (Å²) >= 11 is 0. The van der Waals surface area contributed by atoms with Gasteiger partial charge in [-0.3, -0.25) is 0 Å². The monoisotopic (exact) mass is 213 g/mol. The summed E-state index contributed by atoms with van der Waals surface area (Å²) in [5.41, 5.74) is 0.254. The number of aliphatic hydroxyl groups is 2. The van der Waals surface area contributed by atoms with Crippen LogP contribution < -0.4 is 5.32 Å². The maximum Gasteiger partial charge on any atom is 0.0754 e. The van der Waals surface area contributed by atoms with E-state index in [1.54, 1.807) is 0 Å². The Labute approximate surface area is 91.9 Å². The largest absolute Gasteiger partial charge is 0.395 e. The lowest BCUT2D eigenvalue weighted by molar-refractivity contribution is -0.000375. The van der Waals surface area contributed by atoms with Crippen molar-refractivity contribution in [3.05, 3.63) is 0 Å². The van der Waals surface area contributed by atoms with Crippen molar-refractivity contribution in [1.82, 2.24) is 5.32 Å². The van der Waals surface area contributed by atoms with E-state index in [9.17, 15) is 5.11 Å². The Morgan fingerprint density at radius 1 is 1.33 bits per heavy atom. The van der Waals surface area contributed by atoms with Crippen molar-refractivity contribution in [2.45, 2.75) is 45.8 Å². The number of hydrogen-bond donors (Lipinski definition) is 3. The van der Waals surface area contributed by atoms with Crippen molar-refractivity contribution >= 4 is 0 Å². The predicted octanol–water partition coefficient (Wildman–Crippen LogP) is 0.754. The summed E-state index contributed by atoms with van der Waals surface area (Å²) in [5.74, 6) is 0.545. The molecule has 0 spiro atoms. The highest BCUT2D eigenvalue weighted by Gasteiger charge is 2.65. The zero-order valence-corrected chi connectivity index (χ0v) is 9.95. The molecular weight excluding hydrogens is 190 g/mol. The predicted molar refractivity (Wildman–Crippen MR) is 59.5 cm³/mol. The van der Waals surface area contributed by atoms with Gasteiger partial charge in [0.15, 0.2) is 0 Å². The highest BCUT2D eigenvalue weighted by atomic mass is 16.3. The summed E-state index contributed by atoms with van der Waals surface area (Å²) < 4.78 is 0. The fourth-order valence-electron chi connectivity index (χ4n) is 3.82. The molecule has 0 aromatic heterocycles. The van der Waals surface area contributed by atoms with Crippen molar-refractivity contribution in [1.29, 1.82) is 0 Å². The van der Waals surface area contributed by atoms with Crippen molar-refractivity contribution < 1.29 is 10.2 Å². The Balaban J connectivity index is 2.18. The summed E-state index contributed by atoms with van der Waals surface area (Å²) in [6.45, 7) is 7.48. The van der Waals surface area contributed by atoms with E-state index in [-0.39, 0.29) is 29.6 Å². The first-order valence-corrected chi connectivity index (χ1v) is 5.97. The van der Waals surface area contributed by atoms with Crippen molar-refractivity contribution in [3.63, 3.8) is 0 Å². The van der Waals surface area contributed by atoms with E-state index in [2.05, 4.69) is 26.1 Å². The van der Waals surface area contributed by atoms with Gasteiger partial charge in [-0.25, -0.2) is 0 Å². The molecule has 3 nitrogen and oxygen atoms in total. The quantitative estimate of drug-likeness (QED) is 0.648. The van der Waals surface area contributed by atoms with Crippen LogP contribution in [-0.4, -0.2) is 35.5 Å². The number of nitrogens with one attached hydrogen (secondary N) is 1. The second-order valence-corrected chi connectivity index (χ2v) is 5.93. The fourth-order valence-corrected chi connectivity index (χ4v) is 3.82. The van der Waals surface area contributed by atoms with E-state index in [0.717, 1.165) is 6.42 Å². The molecule has 4 atom stereocenters. The van der Waals surface area contributed by atoms with Gasteiger partial charge in [-0.15, -0.1) is 0 Å². The van der Waals surface area contributed by atoms with Crippen LogP contribution in [0.15, 0.2) is 0 Å². The number of hydrogen-bond acceptors (Lipinski definition) is 3. The van der Waals surface area contributed by atoms with Gasteiger partial charge in [0.25, 0.3) is 0 Å². The smallest absolute Gasteiger partial charge is 0.0754 e. The summed E-state index contributed by atoms with van der Waals surface area (Å²) in [6.07, 6.45) is 2.06. The summed E-state index contributed by atoms with van der Waals surface area (Å²) in [6, 6.07) is 0.172. The molecule has 2 rings (SSSR count). The van der Waals surface area contributed by atoms with Crippen LogP contribution in [0, 0.1) is 16.7 Å². The molecule has 0 aromatic rings. The van der Waals surface area contributed by atoms with E-state index >= 15 is 0 Å². The zero-order valence-electron chi connectivity index (χ0n) is 9.95. The average Bonchev–Trinajstić information content (AvgIpc) is 2.48. The fraction of sp³-hybridized carbons (Fsp3) is 1.00. The molecule has 3 N–H and O–H groups in total. The molecule has 0 saturated heterocycles. The SMILES string of the molecule is CC1(C)[C@@H]2CC[C@@]1(C)[C@H](O)[C@@H]2NCCO. The Morgan fingerprint density at radius 3 is 2.47 bits per heavy atom. The molecule has 15 heavy (non-hydrogen) atoms. The lowest BCUT2D eigenvalue weighted by Gasteiger charge is -2.37. The third-order valence-corrected chi connectivity index (χ3v) is 5.29. The zero-order chi connectivity index (χ0) is 11.3. The van der Waals surface area contributed by atoms with E-state index in [4.69, 9.17) is 5.11 Å². The van der Waals surface area contributed by atoms with Crippen LogP contribution in [-0.2, 0) is 0 Å². The number of aliphatic hydroxyl groups excluding tert-OH is 2. The molecule has 88 valence electrons. The van der Waals surface area contributed by atoms with Gasteiger partial charge in [-0.1, -0.05) is 20.8 Å². The Hall–Kier alpha value is -0.120. The van der Waals surface area contributed by atoms with Gasteiger partial charge in [0.1, 0.15) is 0 Å². The van der Waals surface area contributed by atoms with Crippen LogP contribution in [0.4, 0.5) is 0 Å². The summed E-state index contributed by atoms with van der Waals surface area (Å²) in [7, 11) is 0. The maximum atomic E-state index is 10.4. The van der Waals surface area contributed by atoms with Gasteiger partial charge >= 0.3 is 0 Å². The molecule has 2 bridgehead atoms. The third-order valence-electron chi connectivity index (χ3n) is 5.29. The lowest BCUT2D eigenvalue weighted by atomic mass is 9.70. The topological polar surface area (TPSA) is 52.5 Å². The molecule has 3 heteroatoms. The van der Waals surface area contributed by atoms with Crippen LogP contribution in [0.2, 0.25) is 0 Å². The van der Waals surface area contributed by atoms with Gasteiger partial charge in [0.05, 0.1) is 12.7 Å². The van der Waals surface area contributed by atoms with Crippen molar-refractivity contribution in [2.75, 3.05) is 13.2 Å². The Kier molecular flexibility index (Phi) is 2.61. The van der Waals surface area contributed by atoms with Gasteiger partial charge in [-0.05, 0) is 24.2 Å². The highest BCUT2D eigenvalue weighted by Crippen LogP contribution is 2.65. The van der Waals surface area contributed by atoms with E-state index in [0.29, 0.717) is 12.5 Å². The first kappa shape index (κ1) is 11.4. The van der Waals surface area contributed by atoms with Crippen molar-refractivity contribution in [3.8, 4) is 0 Å². The van der Waals surface area contributed by atoms with E-state index in [1.807, 2.05) is 0 Å². The van der Waals surface area contributed by atoms with Crippen LogP contribution in [0.5, 0.6) is 0 Å². The van der Waals surface area contributed by atoms with Crippen LogP contribution in [0.1, 0.15) is 33.6 Å². The normalized spacial score (nSPS) is 47.4. The lowest BCUT2D eigenvalue weighted by Crippen LogP contribution is -2.47. The van der Waals surface area contributed by atoms with Crippen molar-refractivity contribution in [2.24, 2.45) is 16.7 Å². The molecule has 0 aliphatic heterocycles. The van der Waals surface area contributed by atoms with Gasteiger partial charge in [-0.2, -0.15) is 0 Å². The molecule has 2 aliphatic rings. The molecule has 2 aliphatic carbocycles. The number of rotatable bonds is 3. The molecule has 2 fully saturated rings. The standard InChI is InChI=1S/C12H23NO2/c1-11(2)8-4-5-12(11,3)10(15)9(8)13-6-7-14/h8-10,13-15H,4-7H2,1-3H3/t8-,9-,10-,12+/m1/s1. The first-order valence-electron chi connectivity index (χ1n) is 5.97. The second kappa shape index (κ2) is 3.44. The van der Waals surface area contributed by atoms with Crippen LogP contribution >= 0.6 is 0 Å². The molecule has 0 amide bonds. The Bertz CT molecular complexity index is 254. The molecular formula is C12H23NO2. The molecule has 0 heterocycles. The number of fused-ring (bicyclic) bond motifs is 2. The average molecular weight is 213 g/mol. The first-order chi connectivity index (χ1) is 6.95. The van der Waals surface area contributed by atoms with Crippen LogP contribution in [0.25, 0.3) is 0 Å². The van der Waals surface area contributed by atoms with Gasteiger partial charge < -0.3 is 15.5 Å². The van der Waals surface area contributed by atoms with E-state index in [1.165, 1.54) is 6.42 Å². The molecule has 0 radical (unpaired) electrons. The van der Waals surface area contributed by atoms with Crippen LogP contribution in [0.3, 0.4) is 0 Å². The minimum atomic E-state index is -0.266. The van der Waals surface area contributed by atoms with Gasteiger partial charge in [0.2, 0.25) is 0 Å².